The normalized spacial score (nSPS) is 12.0. The first-order valence-corrected chi connectivity index (χ1v) is 9.04. The molecule has 0 fully saturated rings. The van der Waals surface area contributed by atoms with Gasteiger partial charge in [-0.3, -0.25) is 0 Å². The van der Waals surface area contributed by atoms with E-state index in [1.54, 1.807) is 12.1 Å². The molecule has 0 saturated carbocycles. The fraction of sp³-hybridized carbons (Fsp3) is 0.357. The first-order valence-electron chi connectivity index (χ1n) is 6.68. The van der Waals surface area contributed by atoms with Gasteiger partial charge in [-0.15, -0.1) is 11.3 Å². The molecule has 0 aliphatic rings. The number of rotatable bonds is 6. The molecular weight excluding hydrogens is 306 g/mol. The van der Waals surface area contributed by atoms with Crippen molar-refractivity contribution in [3.05, 3.63) is 40.9 Å². The van der Waals surface area contributed by atoms with Crippen LogP contribution in [0.3, 0.4) is 0 Å². The van der Waals surface area contributed by atoms with Gasteiger partial charge in [-0.05, 0) is 23.6 Å². The Hall–Kier alpha value is -1.44. The zero-order valence-corrected chi connectivity index (χ0v) is 13.7. The molecule has 0 saturated heterocycles. The molecular formula is C14H19N3O2S2. The molecule has 0 spiro atoms. The van der Waals surface area contributed by atoms with Crippen molar-refractivity contribution in [2.24, 2.45) is 0 Å². The number of nitrogens with zero attached hydrogens (tertiary/aromatic N) is 1. The van der Waals surface area contributed by atoms with E-state index < -0.39 is 10.0 Å². The Morgan fingerprint density at radius 1 is 1.29 bits per heavy atom. The average molecular weight is 325 g/mol. The van der Waals surface area contributed by atoms with Crippen LogP contribution in [0.1, 0.15) is 31.0 Å². The lowest BCUT2D eigenvalue weighted by Gasteiger charge is -2.08. The predicted molar refractivity (Wildman–Crippen MR) is 85.9 cm³/mol. The molecule has 0 atom stereocenters. The number of thiazole rings is 1. The highest BCUT2D eigenvalue weighted by molar-refractivity contribution is 7.89. The minimum Gasteiger partial charge on any atom is -0.375 e. The molecule has 7 heteroatoms. The minimum absolute atomic E-state index is 0.282. The number of hydrogen-bond acceptors (Lipinski definition) is 5. The van der Waals surface area contributed by atoms with Crippen LogP contribution in [0.2, 0.25) is 0 Å². The van der Waals surface area contributed by atoms with E-state index in [2.05, 4.69) is 23.6 Å². The summed E-state index contributed by atoms with van der Waals surface area (Å²) in [7, 11) is -3.47. The Bertz CT molecular complexity index is 691. The Morgan fingerprint density at radius 3 is 2.48 bits per heavy atom. The van der Waals surface area contributed by atoms with Crippen LogP contribution in [0.4, 0.5) is 5.13 Å². The molecule has 114 valence electrons. The molecule has 1 heterocycles. The molecule has 1 aromatic heterocycles. The highest BCUT2D eigenvalue weighted by Crippen LogP contribution is 2.17. The third-order valence-corrected chi connectivity index (χ3v) is 5.30. The van der Waals surface area contributed by atoms with E-state index >= 15 is 0 Å². The zero-order chi connectivity index (χ0) is 15.5. The molecule has 1 aromatic carbocycles. The molecule has 0 aliphatic heterocycles. The monoisotopic (exact) mass is 325 g/mol. The van der Waals surface area contributed by atoms with Crippen LogP contribution in [-0.2, 0) is 16.4 Å². The van der Waals surface area contributed by atoms with Crippen molar-refractivity contribution in [1.29, 1.82) is 0 Å². The second kappa shape index (κ2) is 6.55. The van der Waals surface area contributed by atoms with Crippen LogP contribution in [0.15, 0.2) is 34.5 Å². The molecule has 21 heavy (non-hydrogen) atoms. The summed E-state index contributed by atoms with van der Waals surface area (Å²) in [5.41, 5.74) is 7.45. The van der Waals surface area contributed by atoms with Gasteiger partial charge in [0.1, 0.15) is 0 Å². The van der Waals surface area contributed by atoms with Gasteiger partial charge in [-0.1, -0.05) is 26.0 Å². The maximum atomic E-state index is 12.2. The number of nitrogen functional groups attached to an aromatic ring is 1. The van der Waals surface area contributed by atoms with Gasteiger partial charge in [-0.25, -0.2) is 18.1 Å². The largest absolute Gasteiger partial charge is 0.375 e. The average Bonchev–Trinajstić information content (AvgIpc) is 2.84. The van der Waals surface area contributed by atoms with E-state index in [1.807, 2.05) is 17.5 Å². The van der Waals surface area contributed by atoms with Crippen molar-refractivity contribution in [2.45, 2.75) is 31.1 Å². The van der Waals surface area contributed by atoms with Crippen molar-refractivity contribution in [1.82, 2.24) is 9.71 Å². The Morgan fingerprint density at radius 2 is 1.95 bits per heavy atom. The van der Waals surface area contributed by atoms with Crippen LogP contribution in [0, 0.1) is 0 Å². The number of nitrogens with two attached hydrogens (primary N) is 1. The summed E-state index contributed by atoms with van der Waals surface area (Å²) in [5, 5.41) is 2.33. The summed E-state index contributed by atoms with van der Waals surface area (Å²) < 4.78 is 26.9. The van der Waals surface area contributed by atoms with Crippen LogP contribution in [0.5, 0.6) is 0 Å². The molecule has 0 radical (unpaired) electrons. The molecule has 3 N–H and O–H groups in total. The topological polar surface area (TPSA) is 85.1 Å². The van der Waals surface area contributed by atoms with E-state index in [-0.39, 0.29) is 4.90 Å². The van der Waals surface area contributed by atoms with Gasteiger partial charge >= 0.3 is 0 Å². The summed E-state index contributed by atoms with van der Waals surface area (Å²) in [5.74, 6) is 0.379. The quantitative estimate of drug-likeness (QED) is 0.854. The van der Waals surface area contributed by atoms with Crippen molar-refractivity contribution in [3.63, 3.8) is 0 Å². The van der Waals surface area contributed by atoms with E-state index in [0.29, 0.717) is 24.0 Å². The number of benzene rings is 1. The zero-order valence-electron chi connectivity index (χ0n) is 12.0. The number of hydrogen-bond donors (Lipinski definition) is 2. The summed E-state index contributed by atoms with van der Waals surface area (Å²) in [6.07, 6.45) is 0.525. The van der Waals surface area contributed by atoms with Crippen LogP contribution in [-0.4, -0.2) is 19.9 Å². The summed E-state index contributed by atoms with van der Waals surface area (Å²) in [4.78, 5) is 4.38. The number of aromatic nitrogens is 1. The second-order valence-corrected chi connectivity index (χ2v) is 7.71. The summed E-state index contributed by atoms with van der Waals surface area (Å²) in [6.45, 7) is 4.44. The third kappa shape index (κ3) is 4.26. The van der Waals surface area contributed by atoms with E-state index in [0.717, 1.165) is 11.3 Å². The van der Waals surface area contributed by atoms with Gasteiger partial charge in [0.25, 0.3) is 0 Å². The predicted octanol–water partition coefficient (Wildman–Crippen LogP) is 2.37. The molecule has 0 unspecified atom stereocenters. The molecule has 0 amide bonds. The lowest BCUT2D eigenvalue weighted by atomic mass is 10.0. The lowest BCUT2D eigenvalue weighted by molar-refractivity contribution is 0.581. The molecule has 2 rings (SSSR count). The van der Waals surface area contributed by atoms with Gasteiger partial charge in [-0.2, -0.15) is 0 Å². The van der Waals surface area contributed by atoms with Crippen LogP contribution >= 0.6 is 11.3 Å². The highest BCUT2D eigenvalue weighted by atomic mass is 32.2. The number of sulfonamides is 1. The van der Waals surface area contributed by atoms with Crippen molar-refractivity contribution < 1.29 is 8.42 Å². The molecule has 2 aromatic rings. The van der Waals surface area contributed by atoms with E-state index in [4.69, 9.17) is 5.73 Å². The Kier molecular flexibility index (Phi) is 4.97. The number of anilines is 1. The van der Waals surface area contributed by atoms with E-state index in [1.165, 1.54) is 11.3 Å². The van der Waals surface area contributed by atoms with Gasteiger partial charge < -0.3 is 5.73 Å². The van der Waals surface area contributed by atoms with Crippen molar-refractivity contribution >= 4 is 26.5 Å². The van der Waals surface area contributed by atoms with Crippen LogP contribution in [0.25, 0.3) is 0 Å². The summed E-state index contributed by atoms with van der Waals surface area (Å²) in [6, 6.07) is 6.97. The smallest absolute Gasteiger partial charge is 0.240 e. The van der Waals surface area contributed by atoms with Gasteiger partial charge in [0.2, 0.25) is 10.0 Å². The maximum Gasteiger partial charge on any atom is 0.240 e. The van der Waals surface area contributed by atoms with Gasteiger partial charge in [0.05, 0.1) is 10.6 Å². The molecule has 0 bridgehead atoms. The SMILES string of the molecule is CC(C)c1ccc(S(=O)(=O)NCCc2csc(N)n2)cc1. The first-order chi connectivity index (χ1) is 9.88. The van der Waals surface area contributed by atoms with E-state index in [9.17, 15) is 8.42 Å². The Labute approximate surface area is 129 Å². The fourth-order valence-corrected chi connectivity index (χ4v) is 3.50. The van der Waals surface area contributed by atoms with Crippen molar-refractivity contribution in [2.75, 3.05) is 12.3 Å². The van der Waals surface area contributed by atoms with Crippen molar-refractivity contribution in [3.8, 4) is 0 Å². The Balaban J connectivity index is 1.97. The van der Waals surface area contributed by atoms with Gasteiger partial charge in [0.15, 0.2) is 5.13 Å². The maximum absolute atomic E-state index is 12.2. The molecule has 0 aliphatic carbocycles. The third-order valence-electron chi connectivity index (χ3n) is 3.10. The molecule has 5 nitrogen and oxygen atoms in total. The minimum atomic E-state index is -3.47. The van der Waals surface area contributed by atoms with Crippen LogP contribution < -0.4 is 10.5 Å². The van der Waals surface area contributed by atoms with Gasteiger partial charge in [0, 0.05) is 18.3 Å². The second-order valence-electron chi connectivity index (χ2n) is 5.05. The first kappa shape index (κ1) is 15.9. The standard InChI is InChI=1S/C14H19N3O2S2/c1-10(2)11-3-5-13(6-4-11)21(18,19)16-8-7-12-9-20-14(15)17-12/h3-6,9-10,16H,7-8H2,1-2H3,(H2,15,17). The lowest BCUT2D eigenvalue weighted by Crippen LogP contribution is -2.26. The number of nitrogens with one attached hydrogen (secondary N) is 1. The summed E-state index contributed by atoms with van der Waals surface area (Å²) >= 11 is 1.35. The fourth-order valence-electron chi connectivity index (χ4n) is 1.87. The highest BCUT2D eigenvalue weighted by Gasteiger charge is 2.13.